The van der Waals surface area contributed by atoms with Crippen molar-refractivity contribution in [3.63, 3.8) is 0 Å². The summed E-state index contributed by atoms with van der Waals surface area (Å²) in [5.74, 6) is -1.80. The molecule has 0 aliphatic carbocycles. The van der Waals surface area contributed by atoms with Crippen molar-refractivity contribution in [3.05, 3.63) is 12.2 Å². The zero-order valence-electron chi connectivity index (χ0n) is 15.7. The number of nitrogens with zero attached hydrogens (tertiary/aromatic N) is 1. The van der Waals surface area contributed by atoms with Gasteiger partial charge >= 0.3 is 0 Å². The number of nitrogens with one attached hydrogen (secondary N) is 3. The highest BCUT2D eigenvalue weighted by Crippen LogP contribution is 2.02. The molecule has 0 saturated heterocycles. The van der Waals surface area contributed by atoms with Crippen molar-refractivity contribution in [2.45, 2.75) is 38.6 Å². The van der Waals surface area contributed by atoms with Crippen LogP contribution in [0.4, 0.5) is 0 Å². The summed E-state index contributed by atoms with van der Waals surface area (Å²) in [4.78, 5) is 69.6. The van der Waals surface area contributed by atoms with Gasteiger partial charge in [-0.3, -0.25) is 33.7 Å². The van der Waals surface area contributed by atoms with Gasteiger partial charge in [0, 0.05) is 38.1 Å². The molecule has 0 bridgehead atoms. The van der Waals surface area contributed by atoms with Crippen molar-refractivity contribution < 1.29 is 28.8 Å². The molecular weight excluding hydrogens is 387 g/mol. The van der Waals surface area contributed by atoms with Crippen molar-refractivity contribution >= 4 is 44.3 Å². The molecule has 154 valence electrons. The van der Waals surface area contributed by atoms with Gasteiger partial charge < -0.3 is 16.0 Å². The third-order valence-electron chi connectivity index (χ3n) is 3.87. The van der Waals surface area contributed by atoms with Crippen LogP contribution < -0.4 is 16.0 Å². The first-order chi connectivity index (χ1) is 13.2. The number of amides is 5. The van der Waals surface area contributed by atoms with Gasteiger partial charge in [0.15, 0.2) is 5.52 Å². The Morgan fingerprint density at radius 3 is 2.04 bits per heavy atom. The number of rotatable bonds is 12. The van der Waals surface area contributed by atoms with Crippen LogP contribution in [0, 0.1) is 0 Å². The van der Waals surface area contributed by atoms with Crippen LogP contribution in [0.25, 0.3) is 0 Å². The lowest BCUT2D eigenvalue weighted by atomic mass is 10.2. The van der Waals surface area contributed by atoms with Gasteiger partial charge in [-0.15, -0.1) is 0 Å². The Labute approximate surface area is 165 Å². The Morgan fingerprint density at radius 1 is 0.964 bits per heavy atom. The molecule has 1 aliphatic rings. The molecule has 1 aliphatic heterocycles. The van der Waals surface area contributed by atoms with Crippen LogP contribution in [0.5, 0.6) is 0 Å². The molecule has 0 aromatic heterocycles. The lowest BCUT2D eigenvalue weighted by molar-refractivity contribution is -0.137. The Hall–Kier alpha value is -2.61. The molecule has 3 N–H and O–H groups in total. The summed E-state index contributed by atoms with van der Waals surface area (Å²) in [7, 11) is 1.97. The van der Waals surface area contributed by atoms with Gasteiger partial charge in [-0.05, 0) is 19.8 Å². The molecule has 0 radical (unpaired) electrons. The maximum atomic E-state index is 11.7. The fourth-order valence-electron chi connectivity index (χ4n) is 2.25. The molecule has 0 aromatic rings. The van der Waals surface area contributed by atoms with E-state index in [1.165, 1.54) is 19.1 Å². The van der Waals surface area contributed by atoms with Gasteiger partial charge in [0.25, 0.3) is 11.8 Å². The maximum absolute atomic E-state index is 11.7. The average molecular weight is 412 g/mol. The maximum Gasteiger partial charge on any atom is 0.253 e. The van der Waals surface area contributed by atoms with Crippen LogP contribution in [0.2, 0.25) is 0 Å². The first-order valence-corrected chi connectivity index (χ1v) is 9.44. The summed E-state index contributed by atoms with van der Waals surface area (Å²) >= 11 is 0. The molecule has 0 fully saturated rings. The number of unbranched alkanes of at least 4 members (excludes halogenated alkanes) is 1. The van der Waals surface area contributed by atoms with Gasteiger partial charge in [-0.1, -0.05) is 9.24 Å². The van der Waals surface area contributed by atoms with E-state index in [0.717, 1.165) is 4.90 Å². The van der Waals surface area contributed by atoms with Crippen LogP contribution in [0.15, 0.2) is 12.2 Å². The minimum Gasteiger partial charge on any atom is -0.354 e. The van der Waals surface area contributed by atoms with E-state index in [-0.39, 0.29) is 49.8 Å². The minimum atomic E-state index is -0.633. The van der Waals surface area contributed by atoms with Crippen LogP contribution >= 0.6 is 9.24 Å². The molecule has 10 nitrogen and oxygen atoms in total. The highest BCUT2D eigenvalue weighted by molar-refractivity contribution is 7.40. The van der Waals surface area contributed by atoms with E-state index in [2.05, 4.69) is 16.0 Å². The van der Waals surface area contributed by atoms with Crippen molar-refractivity contribution in [2.75, 3.05) is 19.6 Å². The average Bonchev–Trinajstić information content (AvgIpc) is 2.95. The van der Waals surface area contributed by atoms with Gasteiger partial charge in [0.2, 0.25) is 17.7 Å². The number of hydrogen-bond donors (Lipinski definition) is 3. The number of carbonyl (C=O) groups excluding carboxylic acids is 6. The first-order valence-electron chi connectivity index (χ1n) is 8.86. The van der Waals surface area contributed by atoms with Crippen LogP contribution in [-0.2, 0) is 28.8 Å². The SMILES string of the molecule is CC(NC(=O)CNC(=O)CCCCC(=O)NCCN1C(=O)C=CC1=O)C(=O)P. The molecule has 0 saturated carbocycles. The van der Waals surface area contributed by atoms with Crippen LogP contribution in [0.1, 0.15) is 32.6 Å². The zero-order chi connectivity index (χ0) is 21.1. The van der Waals surface area contributed by atoms with Crippen molar-refractivity contribution in [3.8, 4) is 0 Å². The molecule has 5 amide bonds. The summed E-state index contributed by atoms with van der Waals surface area (Å²) in [6.45, 7) is 1.61. The monoisotopic (exact) mass is 412 g/mol. The Balaban J connectivity index is 2.06. The fraction of sp³-hybridized carbons (Fsp3) is 0.529. The molecular formula is C17H25N4O6P. The predicted molar refractivity (Wildman–Crippen MR) is 103 cm³/mol. The minimum absolute atomic E-state index is 0.113. The summed E-state index contributed by atoms with van der Waals surface area (Å²) in [6.07, 6.45) is 3.69. The van der Waals surface area contributed by atoms with E-state index in [0.29, 0.717) is 12.8 Å². The van der Waals surface area contributed by atoms with Gasteiger partial charge in [-0.2, -0.15) is 0 Å². The van der Waals surface area contributed by atoms with Crippen molar-refractivity contribution in [1.82, 2.24) is 20.9 Å². The number of hydrogen-bond acceptors (Lipinski definition) is 6. The Bertz CT molecular complexity index is 661. The van der Waals surface area contributed by atoms with Crippen LogP contribution in [-0.4, -0.2) is 65.6 Å². The molecule has 2 atom stereocenters. The molecule has 0 spiro atoms. The summed E-state index contributed by atoms with van der Waals surface area (Å²) in [6, 6.07) is -0.633. The first kappa shape index (κ1) is 23.4. The van der Waals surface area contributed by atoms with E-state index in [1.54, 1.807) is 0 Å². The Kier molecular flexibility index (Phi) is 10.0. The smallest absolute Gasteiger partial charge is 0.253 e. The fourth-order valence-corrected chi connectivity index (χ4v) is 2.33. The second-order valence-corrected chi connectivity index (χ2v) is 6.76. The number of imide groups is 1. The highest BCUT2D eigenvalue weighted by atomic mass is 31.0. The largest absolute Gasteiger partial charge is 0.354 e. The molecule has 1 rings (SSSR count). The van der Waals surface area contributed by atoms with Gasteiger partial charge in [0.05, 0.1) is 12.6 Å². The normalized spacial score (nSPS) is 14.0. The van der Waals surface area contributed by atoms with E-state index in [1.807, 2.05) is 9.24 Å². The lowest BCUT2D eigenvalue weighted by Crippen LogP contribution is -2.42. The molecule has 11 heteroatoms. The third-order valence-corrected chi connectivity index (χ3v) is 4.37. The molecule has 28 heavy (non-hydrogen) atoms. The molecule has 1 heterocycles. The lowest BCUT2D eigenvalue weighted by Gasteiger charge is -2.14. The van der Waals surface area contributed by atoms with Gasteiger partial charge in [0.1, 0.15) is 0 Å². The quantitative estimate of drug-likeness (QED) is 0.205. The zero-order valence-corrected chi connectivity index (χ0v) is 16.8. The summed E-state index contributed by atoms with van der Waals surface area (Å²) in [5.41, 5.74) is -0.256. The third kappa shape index (κ3) is 8.85. The second kappa shape index (κ2) is 12.0. The van der Waals surface area contributed by atoms with Gasteiger partial charge in [-0.25, -0.2) is 0 Å². The number of carbonyl (C=O) groups is 6. The second-order valence-electron chi connectivity index (χ2n) is 6.19. The Morgan fingerprint density at radius 2 is 1.50 bits per heavy atom. The van der Waals surface area contributed by atoms with Crippen LogP contribution in [0.3, 0.4) is 0 Å². The highest BCUT2D eigenvalue weighted by Gasteiger charge is 2.22. The van der Waals surface area contributed by atoms with E-state index in [9.17, 15) is 28.8 Å². The standard InChI is InChI=1S/C17H25N4O6P/c1-11(17(27)28)20-14(24)10-19-13(23)5-3-2-4-12(22)18-8-9-21-15(25)6-7-16(21)26/h6-7,11H,2-5,8-10,28H2,1H3,(H,18,22)(H,19,23)(H,20,24). The van der Waals surface area contributed by atoms with E-state index in [4.69, 9.17) is 0 Å². The predicted octanol–water partition coefficient (Wildman–Crippen LogP) is -1.39. The summed E-state index contributed by atoms with van der Waals surface area (Å²) < 4.78 is 0. The topological polar surface area (TPSA) is 142 Å². The summed E-state index contributed by atoms with van der Waals surface area (Å²) in [5, 5.41) is 7.49. The van der Waals surface area contributed by atoms with E-state index < -0.39 is 23.8 Å². The van der Waals surface area contributed by atoms with E-state index >= 15 is 0 Å². The molecule has 2 unspecified atom stereocenters. The van der Waals surface area contributed by atoms with Crippen molar-refractivity contribution in [2.24, 2.45) is 0 Å². The molecule has 0 aromatic carbocycles. The van der Waals surface area contributed by atoms with Crippen molar-refractivity contribution in [1.29, 1.82) is 0 Å².